The third-order valence-electron chi connectivity index (χ3n) is 2.37. The van der Waals surface area contributed by atoms with Gasteiger partial charge in [0.2, 0.25) is 0 Å². The Morgan fingerprint density at radius 1 is 1.27 bits per heavy atom. The normalized spacial score (nSPS) is 10.3. The van der Waals surface area contributed by atoms with E-state index in [1.54, 1.807) is 39.0 Å². The highest BCUT2D eigenvalue weighted by Gasteiger charge is 2.15. The number of benzene rings is 1. The van der Waals surface area contributed by atoms with Crippen molar-refractivity contribution < 1.29 is 9.53 Å². The van der Waals surface area contributed by atoms with Gasteiger partial charge in [-0.3, -0.25) is 0 Å². The fraction of sp³-hybridized carbons (Fsp3) is 0.400. The molecule has 1 amide bonds. The van der Waals surface area contributed by atoms with Crippen molar-refractivity contribution in [2.24, 2.45) is 0 Å². The van der Waals surface area contributed by atoms with E-state index in [4.69, 9.17) is 22.2 Å². The van der Waals surface area contributed by atoms with E-state index in [0.29, 0.717) is 29.5 Å². The number of para-hydroxylation sites is 1. The lowest BCUT2D eigenvalue weighted by Crippen LogP contribution is -2.39. The maximum atomic E-state index is 11.4. The van der Waals surface area contributed by atoms with Crippen LogP contribution in [0.4, 0.5) is 10.5 Å². The summed E-state index contributed by atoms with van der Waals surface area (Å²) in [4.78, 5) is 11.4. The topological polar surface area (TPSA) is 86.2 Å². The lowest BCUT2D eigenvalue weighted by molar-refractivity contribution is 0.0529. The van der Waals surface area contributed by atoms with Crippen LogP contribution in [0.1, 0.15) is 26.3 Å². The summed E-state index contributed by atoms with van der Waals surface area (Å²) in [7, 11) is 0. The maximum absolute atomic E-state index is 11.4. The summed E-state index contributed by atoms with van der Waals surface area (Å²) in [5.41, 5.74) is 0.635. The number of alkyl carbamates (subject to hydrolysis) is 1. The molecule has 6 nitrogen and oxygen atoms in total. The van der Waals surface area contributed by atoms with Crippen molar-refractivity contribution in [2.45, 2.75) is 26.4 Å². The van der Waals surface area contributed by atoms with Crippen molar-refractivity contribution in [1.82, 2.24) is 10.6 Å². The Hall–Kier alpha value is -2.33. The number of carbonyl (C=O) groups excluding carboxylic acids is 1. The van der Waals surface area contributed by atoms with E-state index in [0.717, 1.165) is 0 Å². The molecule has 0 aromatic heterocycles. The largest absolute Gasteiger partial charge is 0.444 e. The quantitative estimate of drug-likeness (QED) is 0.583. The smallest absolute Gasteiger partial charge is 0.407 e. The maximum Gasteiger partial charge on any atom is 0.407 e. The molecule has 0 heterocycles. The van der Waals surface area contributed by atoms with Crippen LogP contribution in [0.25, 0.3) is 0 Å². The molecule has 0 atom stereocenters. The number of carbonyl (C=O) groups is 1. The zero-order chi connectivity index (χ0) is 16.6. The zero-order valence-corrected chi connectivity index (χ0v) is 13.7. The first-order valence-corrected chi connectivity index (χ1v) is 7.23. The Labute approximate surface area is 135 Å². The van der Waals surface area contributed by atoms with Gasteiger partial charge in [-0.05, 0) is 45.1 Å². The molecule has 0 unspecified atom stereocenters. The number of rotatable bonds is 4. The first-order valence-electron chi connectivity index (χ1n) is 6.82. The van der Waals surface area contributed by atoms with E-state index in [1.165, 1.54) is 0 Å². The van der Waals surface area contributed by atoms with E-state index in [9.17, 15) is 4.79 Å². The molecule has 0 saturated carbocycles. The van der Waals surface area contributed by atoms with Gasteiger partial charge in [0.25, 0.3) is 0 Å². The first-order chi connectivity index (χ1) is 10.3. The first kappa shape index (κ1) is 17.7. The minimum atomic E-state index is -0.518. The third-order valence-corrected chi connectivity index (χ3v) is 2.62. The van der Waals surface area contributed by atoms with Crippen LogP contribution in [0.5, 0.6) is 0 Å². The highest BCUT2D eigenvalue weighted by atomic mass is 32.1. The molecule has 22 heavy (non-hydrogen) atoms. The summed E-state index contributed by atoms with van der Waals surface area (Å²) in [6.45, 7) is 6.22. The van der Waals surface area contributed by atoms with Crippen LogP contribution >= 0.6 is 12.2 Å². The lowest BCUT2D eigenvalue weighted by atomic mass is 10.2. The lowest BCUT2D eigenvalue weighted by Gasteiger charge is -2.19. The molecule has 118 valence electrons. The van der Waals surface area contributed by atoms with E-state index < -0.39 is 11.7 Å². The van der Waals surface area contributed by atoms with Crippen molar-refractivity contribution >= 4 is 29.1 Å². The average molecular weight is 320 g/mol. The summed E-state index contributed by atoms with van der Waals surface area (Å²) in [5.74, 6) is 0. The number of nitrogens with one attached hydrogen (secondary N) is 3. The molecule has 7 heteroatoms. The SMILES string of the molecule is CC(C)(C)OC(=O)NCCNC(=S)Nc1ccccc1C#N. The van der Waals surface area contributed by atoms with Crippen molar-refractivity contribution in [2.75, 3.05) is 18.4 Å². The molecule has 0 bridgehead atoms. The van der Waals surface area contributed by atoms with E-state index in [-0.39, 0.29) is 0 Å². The van der Waals surface area contributed by atoms with Crippen LogP contribution < -0.4 is 16.0 Å². The van der Waals surface area contributed by atoms with Crippen LogP contribution in [-0.2, 0) is 4.74 Å². The van der Waals surface area contributed by atoms with Gasteiger partial charge in [-0.15, -0.1) is 0 Å². The van der Waals surface area contributed by atoms with Crippen LogP contribution in [0.2, 0.25) is 0 Å². The van der Waals surface area contributed by atoms with Crippen LogP contribution in [0.15, 0.2) is 24.3 Å². The Bertz CT molecular complexity index is 576. The summed E-state index contributed by atoms with van der Waals surface area (Å²) in [6.07, 6.45) is -0.469. The number of hydrogen-bond acceptors (Lipinski definition) is 4. The molecule has 1 aromatic rings. The molecular weight excluding hydrogens is 300 g/mol. The molecule has 0 aliphatic heterocycles. The van der Waals surface area contributed by atoms with Crippen LogP contribution in [0.3, 0.4) is 0 Å². The fourth-order valence-corrected chi connectivity index (χ4v) is 1.72. The molecule has 1 aromatic carbocycles. The van der Waals surface area contributed by atoms with E-state index >= 15 is 0 Å². The van der Waals surface area contributed by atoms with Gasteiger partial charge >= 0.3 is 6.09 Å². The Balaban J connectivity index is 2.30. The Morgan fingerprint density at radius 3 is 2.55 bits per heavy atom. The van der Waals surface area contributed by atoms with Crippen molar-refractivity contribution in [3.05, 3.63) is 29.8 Å². The number of ether oxygens (including phenoxy) is 1. The van der Waals surface area contributed by atoms with E-state index in [1.807, 2.05) is 6.07 Å². The number of anilines is 1. The van der Waals surface area contributed by atoms with Gasteiger partial charge in [0.15, 0.2) is 5.11 Å². The van der Waals surface area contributed by atoms with E-state index in [2.05, 4.69) is 22.0 Å². The minimum Gasteiger partial charge on any atom is -0.444 e. The monoisotopic (exact) mass is 320 g/mol. The molecule has 0 radical (unpaired) electrons. The zero-order valence-electron chi connectivity index (χ0n) is 12.9. The fourth-order valence-electron chi connectivity index (χ4n) is 1.51. The number of thiocarbonyl (C=S) groups is 1. The minimum absolute atomic E-state index is 0.372. The third kappa shape index (κ3) is 6.90. The average Bonchev–Trinajstić information content (AvgIpc) is 2.42. The van der Waals surface area contributed by atoms with Crippen LogP contribution in [-0.4, -0.2) is 29.9 Å². The molecule has 3 N–H and O–H groups in total. The molecule has 1 rings (SSSR count). The molecule has 0 aliphatic carbocycles. The molecular formula is C15H20N4O2S. The summed E-state index contributed by atoms with van der Waals surface area (Å²) >= 11 is 5.13. The highest BCUT2D eigenvalue weighted by molar-refractivity contribution is 7.80. The van der Waals surface area contributed by atoms with Gasteiger partial charge in [0.1, 0.15) is 11.7 Å². The van der Waals surface area contributed by atoms with Crippen molar-refractivity contribution in [3.63, 3.8) is 0 Å². The Kier molecular flexibility index (Phi) is 6.60. The predicted molar refractivity (Wildman–Crippen MR) is 89.6 cm³/mol. The number of nitrogens with zero attached hydrogens (tertiary/aromatic N) is 1. The second-order valence-electron chi connectivity index (χ2n) is 5.47. The van der Waals surface area contributed by atoms with Gasteiger partial charge in [-0.2, -0.15) is 5.26 Å². The van der Waals surface area contributed by atoms with Gasteiger partial charge in [0.05, 0.1) is 11.3 Å². The van der Waals surface area contributed by atoms with Gasteiger partial charge in [-0.1, -0.05) is 12.1 Å². The standard InChI is InChI=1S/C15H20N4O2S/c1-15(2,3)21-14(20)18-9-8-17-13(22)19-12-7-5-4-6-11(12)10-16/h4-7H,8-9H2,1-3H3,(H,18,20)(H2,17,19,22). The second-order valence-corrected chi connectivity index (χ2v) is 5.88. The van der Waals surface area contributed by atoms with Crippen molar-refractivity contribution in [3.8, 4) is 6.07 Å². The summed E-state index contributed by atoms with van der Waals surface area (Å²) in [5, 5.41) is 17.9. The molecule has 0 saturated heterocycles. The molecule has 0 fully saturated rings. The van der Waals surface area contributed by atoms with Gasteiger partial charge in [-0.25, -0.2) is 4.79 Å². The number of amides is 1. The second kappa shape index (κ2) is 8.20. The Morgan fingerprint density at radius 2 is 1.91 bits per heavy atom. The van der Waals surface area contributed by atoms with Crippen LogP contribution in [0, 0.1) is 11.3 Å². The number of nitriles is 1. The number of hydrogen-bond donors (Lipinski definition) is 3. The summed E-state index contributed by atoms with van der Waals surface area (Å²) < 4.78 is 5.11. The highest BCUT2D eigenvalue weighted by Crippen LogP contribution is 2.12. The predicted octanol–water partition coefficient (Wildman–Crippen LogP) is 2.37. The van der Waals surface area contributed by atoms with Gasteiger partial charge < -0.3 is 20.7 Å². The molecule has 0 aliphatic rings. The van der Waals surface area contributed by atoms with Gasteiger partial charge in [0, 0.05) is 13.1 Å². The summed E-state index contributed by atoms with van der Waals surface area (Å²) in [6, 6.07) is 9.15. The molecule has 0 spiro atoms. The van der Waals surface area contributed by atoms with Crippen molar-refractivity contribution in [1.29, 1.82) is 5.26 Å².